The Morgan fingerprint density at radius 3 is 2.16 bits per heavy atom. The van der Waals surface area contributed by atoms with E-state index in [-0.39, 0.29) is 21.8 Å². The van der Waals surface area contributed by atoms with Gasteiger partial charge in [-0.05, 0) is 45.0 Å². The maximum absolute atomic E-state index is 12.3. The van der Waals surface area contributed by atoms with Gasteiger partial charge in [-0.1, -0.05) is 27.7 Å². The Hall–Kier alpha value is -0.590. The minimum atomic E-state index is -3.53. The van der Waals surface area contributed by atoms with Crippen LogP contribution in [-0.4, -0.2) is 14.5 Å². The second-order valence-electron chi connectivity index (χ2n) is 6.18. The maximum atomic E-state index is 12.3. The second kappa shape index (κ2) is 4.20. The minimum absolute atomic E-state index is 0.0407. The molecule has 0 spiro atoms. The lowest BCUT2D eigenvalue weighted by atomic mass is 10.0. The average molecular weight is 347 g/mol. The van der Waals surface area contributed by atoms with E-state index in [1.165, 1.54) is 6.07 Å². The fraction of sp³-hybridized carbons (Fsp3) is 0.538. The number of halogens is 1. The van der Waals surface area contributed by atoms with E-state index in [0.717, 1.165) is 0 Å². The number of benzene rings is 1. The summed E-state index contributed by atoms with van der Waals surface area (Å²) in [5.74, 6) is 0. The van der Waals surface area contributed by atoms with Gasteiger partial charge in [0.05, 0.1) is 4.90 Å². The van der Waals surface area contributed by atoms with Crippen LogP contribution < -0.4 is 10.5 Å². The molecule has 1 aromatic carbocycles. The third-order valence-electron chi connectivity index (χ3n) is 4.57. The number of anilines is 1. The molecule has 0 saturated heterocycles. The number of hydrogen-bond acceptors (Lipinski definition) is 3. The van der Waals surface area contributed by atoms with Gasteiger partial charge in [-0.3, -0.25) is 0 Å². The zero-order valence-electron chi connectivity index (χ0n) is 11.5. The molecule has 0 amide bonds. The molecular formula is C13H19BrN2O2S. The Bertz CT molecular complexity index is 610. The summed E-state index contributed by atoms with van der Waals surface area (Å²) >= 11 is 3.26. The first-order valence-corrected chi connectivity index (χ1v) is 8.35. The predicted molar refractivity (Wildman–Crippen MR) is 80.2 cm³/mol. The zero-order chi connectivity index (χ0) is 14.6. The van der Waals surface area contributed by atoms with Gasteiger partial charge in [0.1, 0.15) is 0 Å². The maximum Gasteiger partial charge on any atom is 0.240 e. The molecule has 0 unspecified atom stereocenters. The molecule has 4 nitrogen and oxygen atoms in total. The highest BCUT2D eigenvalue weighted by Gasteiger charge is 2.66. The van der Waals surface area contributed by atoms with Gasteiger partial charge in [-0.2, -0.15) is 0 Å². The van der Waals surface area contributed by atoms with Crippen LogP contribution in [0.5, 0.6) is 0 Å². The van der Waals surface area contributed by atoms with Crippen LogP contribution in [-0.2, 0) is 10.0 Å². The summed E-state index contributed by atoms with van der Waals surface area (Å²) in [7, 11) is -3.53. The highest BCUT2D eigenvalue weighted by molar-refractivity contribution is 9.10. The third-order valence-corrected chi connectivity index (χ3v) is 6.71. The van der Waals surface area contributed by atoms with Crippen LogP contribution in [0, 0.1) is 10.8 Å². The van der Waals surface area contributed by atoms with Crippen LogP contribution in [0.25, 0.3) is 0 Å². The van der Waals surface area contributed by atoms with Gasteiger partial charge in [0.2, 0.25) is 10.0 Å². The molecule has 2 rings (SSSR count). The van der Waals surface area contributed by atoms with Crippen LogP contribution in [0.15, 0.2) is 27.6 Å². The molecule has 0 aliphatic heterocycles. The van der Waals surface area contributed by atoms with E-state index in [1.807, 2.05) is 0 Å². The normalized spacial score (nSPS) is 21.3. The number of hydrogen-bond donors (Lipinski definition) is 2. The third kappa shape index (κ3) is 2.30. The quantitative estimate of drug-likeness (QED) is 0.826. The Morgan fingerprint density at radius 2 is 1.74 bits per heavy atom. The van der Waals surface area contributed by atoms with Crippen molar-refractivity contribution in [2.45, 2.75) is 38.6 Å². The fourth-order valence-corrected chi connectivity index (χ4v) is 4.21. The van der Waals surface area contributed by atoms with Crippen LogP contribution in [0.4, 0.5) is 5.69 Å². The van der Waals surface area contributed by atoms with Crippen molar-refractivity contribution in [3.05, 3.63) is 22.7 Å². The summed E-state index contributed by atoms with van der Waals surface area (Å²) in [5.41, 5.74) is 6.06. The summed E-state index contributed by atoms with van der Waals surface area (Å²) < 4.78 is 28.1. The Morgan fingerprint density at radius 1 is 1.21 bits per heavy atom. The second-order valence-corrected chi connectivity index (χ2v) is 8.75. The topological polar surface area (TPSA) is 72.2 Å². The van der Waals surface area contributed by atoms with Crippen molar-refractivity contribution in [2.24, 2.45) is 10.8 Å². The average Bonchev–Trinajstić information content (AvgIpc) is 2.64. The lowest BCUT2D eigenvalue weighted by molar-refractivity contribution is 0.457. The summed E-state index contributed by atoms with van der Waals surface area (Å²) in [4.78, 5) is 0.201. The highest BCUT2D eigenvalue weighted by atomic mass is 79.9. The first-order valence-electron chi connectivity index (χ1n) is 6.07. The van der Waals surface area contributed by atoms with Gasteiger partial charge in [0.25, 0.3) is 0 Å². The molecule has 19 heavy (non-hydrogen) atoms. The molecule has 1 aliphatic rings. The molecule has 0 bridgehead atoms. The zero-order valence-corrected chi connectivity index (χ0v) is 13.9. The molecule has 1 fully saturated rings. The summed E-state index contributed by atoms with van der Waals surface area (Å²) in [6, 6.07) is 4.60. The lowest BCUT2D eigenvalue weighted by Crippen LogP contribution is -2.30. The van der Waals surface area contributed by atoms with E-state index < -0.39 is 10.0 Å². The lowest BCUT2D eigenvalue weighted by Gasteiger charge is -2.09. The molecule has 6 heteroatoms. The van der Waals surface area contributed by atoms with Gasteiger partial charge in [-0.25, -0.2) is 13.1 Å². The van der Waals surface area contributed by atoms with Crippen molar-refractivity contribution in [2.75, 3.05) is 5.73 Å². The molecule has 1 aliphatic carbocycles. The molecule has 1 saturated carbocycles. The monoisotopic (exact) mass is 346 g/mol. The molecule has 1 aromatic rings. The van der Waals surface area contributed by atoms with Crippen molar-refractivity contribution in [3.63, 3.8) is 0 Å². The Kier molecular flexibility index (Phi) is 3.27. The van der Waals surface area contributed by atoms with Crippen LogP contribution >= 0.6 is 15.9 Å². The van der Waals surface area contributed by atoms with Crippen molar-refractivity contribution in [3.8, 4) is 0 Å². The predicted octanol–water partition coefficient (Wildman–Crippen LogP) is 2.74. The van der Waals surface area contributed by atoms with Crippen LogP contribution in [0.1, 0.15) is 27.7 Å². The van der Waals surface area contributed by atoms with Crippen molar-refractivity contribution >= 4 is 31.6 Å². The molecular weight excluding hydrogens is 328 g/mol. The number of nitrogens with one attached hydrogen (secondary N) is 1. The number of nitrogen functional groups attached to an aromatic ring is 1. The molecule has 0 aromatic heterocycles. The molecule has 106 valence electrons. The van der Waals surface area contributed by atoms with Crippen molar-refractivity contribution in [1.82, 2.24) is 4.72 Å². The molecule has 0 heterocycles. The standard InChI is InChI=1S/C13H19BrN2O2S/c1-12(2)11(13(12,3)4)16-19(17,18)8-5-6-9(14)10(15)7-8/h5-7,11,16H,15H2,1-4H3. The Labute approximate surface area is 122 Å². The molecule has 0 atom stereocenters. The van der Waals surface area contributed by atoms with E-state index in [4.69, 9.17) is 5.73 Å². The van der Waals surface area contributed by atoms with Gasteiger partial charge >= 0.3 is 0 Å². The largest absolute Gasteiger partial charge is 0.398 e. The van der Waals surface area contributed by atoms with E-state index in [0.29, 0.717) is 10.2 Å². The highest BCUT2D eigenvalue weighted by Crippen LogP contribution is 2.62. The van der Waals surface area contributed by atoms with Gasteiger partial charge < -0.3 is 5.73 Å². The number of nitrogens with two attached hydrogens (primary N) is 1. The smallest absolute Gasteiger partial charge is 0.240 e. The number of sulfonamides is 1. The van der Waals surface area contributed by atoms with E-state index >= 15 is 0 Å². The van der Waals surface area contributed by atoms with Crippen LogP contribution in [0.3, 0.4) is 0 Å². The van der Waals surface area contributed by atoms with Gasteiger partial charge in [0, 0.05) is 16.2 Å². The SMILES string of the molecule is CC1(C)C(NS(=O)(=O)c2ccc(Br)c(N)c2)C1(C)C. The minimum Gasteiger partial charge on any atom is -0.398 e. The first kappa shape index (κ1) is 14.8. The summed E-state index contributed by atoms with van der Waals surface area (Å²) in [5, 5.41) is 0. The van der Waals surface area contributed by atoms with E-state index in [1.54, 1.807) is 12.1 Å². The molecule has 0 radical (unpaired) electrons. The van der Waals surface area contributed by atoms with Gasteiger partial charge in [-0.15, -0.1) is 0 Å². The first-order chi connectivity index (χ1) is 8.50. The Balaban J connectivity index is 2.28. The van der Waals surface area contributed by atoms with Crippen molar-refractivity contribution < 1.29 is 8.42 Å². The summed E-state index contributed by atoms with van der Waals surface area (Å²) in [6.45, 7) is 8.26. The van der Waals surface area contributed by atoms with E-state index in [2.05, 4.69) is 48.3 Å². The van der Waals surface area contributed by atoms with E-state index in [9.17, 15) is 8.42 Å². The summed E-state index contributed by atoms with van der Waals surface area (Å²) in [6.07, 6.45) is 0. The number of rotatable bonds is 3. The van der Waals surface area contributed by atoms with Crippen molar-refractivity contribution in [1.29, 1.82) is 0 Å². The fourth-order valence-electron chi connectivity index (χ4n) is 2.40. The van der Waals surface area contributed by atoms with Crippen LogP contribution in [0.2, 0.25) is 0 Å². The van der Waals surface area contributed by atoms with Gasteiger partial charge in [0.15, 0.2) is 0 Å². The molecule has 3 N–H and O–H groups in total.